The average Bonchev–Trinajstić information content (AvgIpc) is 2.14. The van der Waals surface area contributed by atoms with Crippen molar-refractivity contribution in [1.82, 2.24) is 0 Å². The molecule has 0 fully saturated rings. The van der Waals surface area contributed by atoms with E-state index in [0.717, 1.165) is 6.42 Å². The summed E-state index contributed by atoms with van der Waals surface area (Å²) >= 11 is 0. The minimum atomic E-state index is 0.183. The lowest BCUT2D eigenvalue weighted by Crippen LogP contribution is -2.33. The van der Waals surface area contributed by atoms with Gasteiger partial charge in [0.15, 0.2) is 5.76 Å². The van der Waals surface area contributed by atoms with Gasteiger partial charge in [0.05, 0.1) is 0 Å². The Balaban J connectivity index is 2.46. The van der Waals surface area contributed by atoms with E-state index in [0.29, 0.717) is 17.8 Å². The van der Waals surface area contributed by atoms with E-state index in [2.05, 4.69) is 33.6 Å². The second kappa shape index (κ2) is 3.42. The molecule has 0 amide bonds. The average molecular weight is 215 g/mol. The van der Waals surface area contributed by atoms with Crippen LogP contribution in [0.3, 0.4) is 0 Å². The molecule has 1 aliphatic heterocycles. The zero-order valence-corrected chi connectivity index (χ0v) is 10.6. The first-order valence-corrected chi connectivity index (χ1v) is 5.84. The summed E-state index contributed by atoms with van der Waals surface area (Å²) in [5, 5.41) is 0. The summed E-state index contributed by atoms with van der Waals surface area (Å²) in [5.74, 6) is 2.93. The fourth-order valence-electron chi connectivity index (χ4n) is 3.34. The number of hydrogen-bond acceptors (Lipinski definition) is 1. The number of allylic oxidation sites excluding steroid dienone is 3. The van der Waals surface area contributed by atoms with Crippen LogP contribution in [0.4, 0.5) is 0 Å². The smallest absolute Gasteiger partial charge is 0.171 e. The van der Waals surface area contributed by atoms with Crippen LogP contribution in [0.2, 0.25) is 0 Å². The summed E-state index contributed by atoms with van der Waals surface area (Å²) in [7, 11) is 0. The molecule has 0 spiro atoms. The second-order valence-corrected chi connectivity index (χ2v) is 6.34. The summed E-state index contributed by atoms with van der Waals surface area (Å²) < 4.78 is 5.49. The molecule has 0 atom stereocenters. The number of rotatable bonds is 0. The molecule has 1 heteroatoms. The van der Waals surface area contributed by atoms with Crippen molar-refractivity contribution in [2.75, 3.05) is 6.61 Å². The molecule has 0 aromatic heterocycles. The van der Waals surface area contributed by atoms with Gasteiger partial charge in [-0.05, 0) is 53.2 Å². The molecule has 2 rings (SSSR count). The van der Waals surface area contributed by atoms with E-state index in [4.69, 9.17) is 11.2 Å². The van der Waals surface area contributed by atoms with Crippen LogP contribution >= 0.6 is 0 Å². The van der Waals surface area contributed by atoms with E-state index in [1.54, 1.807) is 0 Å². The molecule has 1 aliphatic carbocycles. The van der Waals surface area contributed by atoms with Crippen molar-refractivity contribution >= 4 is 0 Å². The highest BCUT2D eigenvalue weighted by molar-refractivity contribution is 5.42. The molecule has 1 nitrogen and oxygen atoms in total. The van der Waals surface area contributed by atoms with E-state index >= 15 is 0 Å². The Kier molecular flexibility index (Phi) is 2.42. The largest absolute Gasteiger partial charge is 0.481 e. The van der Waals surface area contributed by atoms with Gasteiger partial charge in [0.25, 0.3) is 0 Å². The standard InChI is InChI=1S/C15H19O/c1-6-12-7-13-11(9-16-12)8-14(2,3)10-15(13,4)5/h7H,8-10H2,2-5H3. The van der Waals surface area contributed by atoms with Gasteiger partial charge in [0.2, 0.25) is 0 Å². The van der Waals surface area contributed by atoms with Crippen LogP contribution in [0.5, 0.6) is 0 Å². The first-order valence-electron chi connectivity index (χ1n) is 5.84. The predicted molar refractivity (Wildman–Crippen MR) is 65.0 cm³/mol. The fourth-order valence-corrected chi connectivity index (χ4v) is 3.34. The van der Waals surface area contributed by atoms with Crippen LogP contribution in [-0.4, -0.2) is 6.61 Å². The molecule has 0 N–H and O–H groups in total. The van der Waals surface area contributed by atoms with Gasteiger partial charge in [-0.3, -0.25) is 0 Å². The maximum atomic E-state index is 7.14. The normalized spacial score (nSPS) is 26.3. The second-order valence-electron chi connectivity index (χ2n) is 6.34. The van der Waals surface area contributed by atoms with Gasteiger partial charge >= 0.3 is 0 Å². The Morgan fingerprint density at radius 2 is 2.00 bits per heavy atom. The maximum Gasteiger partial charge on any atom is 0.171 e. The Labute approximate surface area is 98.6 Å². The van der Waals surface area contributed by atoms with Crippen molar-refractivity contribution in [3.63, 3.8) is 0 Å². The van der Waals surface area contributed by atoms with Gasteiger partial charge in [-0.1, -0.05) is 27.7 Å². The van der Waals surface area contributed by atoms with Gasteiger partial charge in [0.1, 0.15) is 6.61 Å². The number of ether oxygens (including phenoxy) is 1. The highest BCUT2D eigenvalue weighted by Crippen LogP contribution is 2.50. The Morgan fingerprint density at radius 3 is 2.62 bits per heavy atom. The quantitative estimate of drug-likeness (QED) is 0.561. The third-order valence-corrected chi connectivity index (χ3v) is 3.52. The molecule has 0 aromatic carbocycles. The lowest BCUT2D eigenvalue weighted by molar-refractivity contribution is 0.167. The zero-order valence-electron chi connectivity index (χ0n) is 10.6. The molecular formula is C15H19O. The van der Waals surface area contributed by atoms with Crippen LogP contribution in [0.15, 0.2) is 23.0 Å². The highest BCUT2D eigenvalue weighted by Gasteiger charge is 2.39. The summed E-state index contributed by atoms with van der Waals surface area (Å²) in [4.78, 5) is 0. The van der Waals surface area contributed by atoms with Crippen molar-refractivity contribution in [3.05, 3.63) is 29.4 Å². The minimum absolute atomic E-state index is 0.183. The molecule has 0 bridgehead atoms. The van der Waals surface area contributed by atoms with Crippen molar-refractivity contribution in [3.8, 4) is 5.92 Å². The van der Waals surface area contributed by atoms with E-state index in [9.17, 15) is 0 Å². The first kappa shape index (κ1) is 11.3. The van der Waals surface area contributed by atoms with Crippen molar-refractivity contribution in [2.45, 2.75) is 40.5 Å². The molecule has 2 aliphatic rings. The molecule has 0 saturated heterocycles. The summed E-state index contributed by atoms with van der Waals surface area (Å²) in [6, 6.07) is 0. The van der Waals surface area contributed by atoms with Crippen molar-refractivity contribution < 1.29 is 4.74 Å². The summed E-state index contributed by atoms with van der Waals surface area (Å²) in [5.41, 5.74) is 3.31. The Morgan fingerprint density at radius 1 is 1.31 bits per heavy atom. The lowest BCUT2D eigenvalue weighted by Gasteiger charge is -2.44. The Bertz CT molecular complexity index is 413. The van der Waals surface area contributed by atoms with E-state index in [-0.39, 0.29) is 5.41 Å². The molecular weight excluding hydrogens is 196 g/mol. The van der Waals surface area contributed by atoms with Crippen LogP contribution in [-0.2, 0) is 4.74 Å². The van der Waals surface area contributed by atoms with Crippen LogP contribution in [0.1, 0.15) is 40.5 Å². The van der Waals surface area contributed by atoms with Crippen LogP contribution in [0.25, 0.3) is 0 Å². The molecule has 1 heterocycles. The van der Waals surface area contributed by atoms with Crippen LogP contribution < -0.4 is 0 Å². The predicted octanol–water partition coefficient (Wildman–Crippen LogP) is 3.63. The van der Waals surface area contributed by atoms with E-state index in [1.807, 2.05) is 6.08 Å². The third-order valence-electron chi connectivity index (χ3n) is 3.52. The molecule has 0 unspecified atom stereocenters. The van der Waals surface area contributed by atoms with E-state index < -0.39 is 0 Å². The minimum Gasteiger partial charge on any atom is -0.481 e. The van der Waals surface area contributed by atoms with Gasteiger partial charge in [0, 0.05) is 0 Å². The molecule has 85 valence electrons. The molecule has 0 aromatic rings. The molecule has 0 saturated carbocycles. The first-order chi connectivity index (χ1) is 7.34. The fraction of sp³-hybridized carbons (Fsp3) is 0.600. The van der Waals surface area contributed by atoms with Crippen molar-refractivity contribution in [2.24, 2.45) is 10.8 Å². The van der Waals surface area contributed by atoms with Gasteiger partial charge < -0.3 is 4.74 Å². The van der Waals surface area contributed by atoms with Gasteiger partial charge in [-0.2, -0.15) is 0 Å². The van der Waals surface area contributed by atoms with E-state index in [1.165, 1.54) is 17.6 Å². The molecule has 1 radical (unpaired) electrons. The third kappa shape index (κ3) is 1.89. The summed E-state index contributed by atoms with van der Waals surface area (Å²) in [6.07, 6.45) is 11.4. The van der Waals surface area contributed by atoms with Crippen molar-refractivity contribution in [1.29, 1.82) is 0 Å². The topological polar surface area (TPSA) is 9.23 Å². The summed E-state index contributed by atoms with van der Waals surface area (Å²) in [6.45, 7) is 9.85. The molecule has 16 heavy (non-hydrogen) atoms. The SMILES string of the molecule is [C]#CC1=CC2=C(CO1)CC(C)(C)CC2(C)C. The van der Waals surface area contributed by atoms with Gasteiger partial charge in [-0.25, -0.2) is 0 Å². The Hall–Kier alpha value is -1.16. The number of hydrogen-bond donors (Lipinski definition) is 0. The van der Waals surface area contributed by atoms with Gasteiger partial charge in [-0.15, -0.1) is 0 Å². The maximum absolute atomic E-state index is 7.14. The van der Waals surface area contributed by atoms with Crippen LogP contribution in [0, 0.1) is 23.2 Å². The highest BCUT2D eigenvalue weighted by atomic mass is 16.5. The monoisotopic (exact) mass is 215 g/mol. The lowest BCUT2D eigenvalue weighted by atomic mass is 9.62. The zero-order chi connectivity index (χ0) is 12.0.